The summed E-state index contributed by atoms with van der Waals surface area (Å²) in [5.74, 6) is -1.14. The number of nitrogens with zero attached hydrogens (tertiary/aromatic N) is 1. The van der Waals surface area contributed by atoms with Crippen molar-refractivity contribution >= 4 is 49.5 Å². The largest absolute Gasteiger partial charge is 0.487 e. The van der Waals surface area contributed by atoms with Crippen LogP contribution >= 0.6 is 31.9 Å². The maximum Gasteiger partial charge on any atom is 0.266 e. The first kappa shape index (κ1) is 22.7. The van der Waals surface area contributed by atoms with Crippen LogP contribution < -0.4 is 10.1 Å². The Morgan fingerprint density at radius 3 is 2.32 bits per heavy atom. The van der Waals surface area contributed by atoms with Gasteiger partial charge in [-0.25, -0.2) is 8.78 Å². The van der Waals surface area contributed by atoms with E-state index in [-0.39, 0.29) is 23.7 Å². The van der Waals surface area contributed by atoms with Gasteiger partial charge in [-0.2, -0.15) is 5.26 Å². The second-order valence-electron chi connectivity index (χ2n) is 6.33. The highest BCUT2D eigenvalue weighted by atomic mass is 79.9. The number of amides is 1. The molecule has 0 spiro atoms. The van der Waals surface area contributed by atoms with Gasteiger partial charge in [0.05, 0.1) is 14.6 Å². The Labute approximate surface area is 194 Å². The van der Waals surface area contributed by atoms with E-state index in [1.54, 1.807) is 30.3 Å². The van der Waals surface area contributed by atoms with Crippen molar-refractivity contribution in [1.29, 1.82) is 5.26 Å². The van der Waals surface area contributed by atoms with E-state index in [1.165, 1.54) is 36.4 Å². The number of nitrogens with one attached hydrogen (secondary N) is 1. The standard InChI is InChI=1S/C23H14Br2F2N2O2/c24-18-10-15(9-16(12-28)23(30)29-21-4-2-1-3-20(21)27)11-19(25)22(18)31-13-14-5-7-17(26)8-6-14/h1-11H,13H2,(H,29,30)/b16-9-. The molecule has 31 heavy (non-hydrogen) atoms. The predicted molar refractivity (Wildman–Crippen MR) is 121 cm³/mol. The Kier molecular flexibility index (Phi) is 7.55. The molecule has 0 atom stereocenters. The summed E-state index contributed by atoms with van der Waals surface area (Å²) >= 11 is 6.84. The van der Waals surface area contributed by atoms with E-state index >= 15 is 0 Å². The van der Waals surface area contributed by atoms with Crippen LogP contribution in [-0.2, 0) is 11.4 Å². The SMILES string of the molecule is N#C/C(=C/c1cc(Br)c(OCc2ccc(F)cc2)c(Br)c1)C(=O)Nc1ccccc1F. The second kappa shape index (κ2) is 10.3. The summed E-state index contributed by atoms with van der Waals surface area (Å²) in [5.41, 5.74) is 1.14. The zero-order valence-electron chi connectivity index (χ0n) is 15.8. The average molecular weight is 548 g/mol. The summed E-state index contributed by atoms with van der Waals surface area (Å²) in [6.07, 6.45) is 1.38. The predicted octanol–water partition coefficient (Wildman–Crippen LogP) is 6.61. The number of hydrogen-bond acceptors (Lipinski definition) is 3. The third-order valence-electron chi connectivity index (χ3n) is 4.12. The van der Waals surface area contributed by atoms with Crippen LogP contribution in [0.25, 0.3) is 6.08 Å². The van der Waals surface area contributed by atoms with Gasteiger partial charge in [-0.3, -0.25) is 4.79 Å². The molecule has 156 valence electrons. The second-order valence-corrected chi connectivity index (χ2v) is 8.04. The van der Waals surface area contributed by atoms with Crippen LogP contribution in [0, 0.1) is 23.0 Å². The van der Waals surface area contributed by atoms with Gasteiger partial charge in [-0.1, -0.05) is 24.3 Å². The number of benzene rings is 3. The third kappa shape index (κ3) is 6.00. The van der Waals surface area contributed by atoms with Crippen molar-refractivity contribution in [2.75, 3.05) is 5.32 Å². The highest BCUT2D eigenvalue weighted by molar-refractivity contribution is 9.11. The number of hydrogen-bond donors (Lipinski definition) is 1. The number of rotatable bonds is 6. The van der Waals surface area contributed by atoms with Crippen LogP contribution in [-0.4, -0.2) is 5.91 Å². The number of ether oxygens (including phenoxy) is 1. The van der Waals surface area contributed by atoms with Crippen molar-refractivity contribution in [3.63, 3.8) is 0 Å². The molecule has 0 aliphatic rings. The molecule has 0 fully saturated rings. The highest BCUT2D eigenvalue weighted by Gasteiger charge is 2.14. The topological polar surface area (TPSA) is 62.1 Å². The molecular formula is C23H14Br2F2N2O2. The van der Waals surface area contributed by atoms with Crippen LogP contribution in [0.5, 0.6) is 5.75 Å². The summed E-state index contributed by atoms with van der Waals surface area (Å²) in [6, 6.07) is 16.8. The highest BCUT2D eigenvalue weighted by Crippen LogP contribution is 2.36. The first-order chi connectivity index (χ1) is 14.9. The van der Waals surface area contributed by atoms with E-state index in [4.69, 9.17) is 4.74 Å². The molecule has 1 amide bonds. The van der Waals surface area contributed by atoms with Crippen molar-refractivity contribution in [3.05, 3.63) is 97.9 Å². The van der Waals surface area contributed by atoms with Gasteiger partial charge in [-0.05, 0) is 85.5 Å². The monoisotopic (exact) mass is 546 g/mol. The van der Waals surface area contributed by atoms with Gasteiger partial charge in [0.2, 0.25) is 0 Å². The lowest BCUT2D eigenvalue weighted by atomic mass is 10.1. The van der Waals surface area contributed by atoms with Crippen LogP contribution in [0.4, 0.5) is 14.5 Å². The van der Waals surface area contributed by atoms with E-state index in [0.717, 1.165) is 5.56 Å². The number of para-hydroxylation sites is 1. The minimum atomic E-state index is -0.725. The fourth-order valence-corrected chi connectivity index (χ4v) is 4.06. The molecule has 0 aliphatic carbocycles. The fourth-order valence-electron chi connectivity index (χ4n) is 2.60. The maximum absolute atomic E-state index is 13.7. The van der Waals surface area contributed by atoms with Crippen molar-refractivity contribution in [3.8, 4) is 11.8 Å². The summed E-state index contributed by atoms with van der Waals surface area (Å²) in [4.78, 5) is 12.4. The molecule has 0 aromatic heterocycles. The van der Waals surface area contributed by atoms with E-state index in [0.29, 0.717) is 20.3 Å². The molecule has 4 nitrogen and oxygen atoms in total. The number of carbonyl (C=O) groups excluding carboxylic acids is 1. The molecule has 0 saturated carbocycles. The molecule has 0 bridgehead atoms. The first-order valence-electron chi connectivity index (χ1n) is 8.91. The summed E-state index contributed by atoms with van der Waals surface area (Å²) in [6.45, 7) is 0.223. The Balaban J connectivity index is 1.78. The van der Waals surface area contributed by atoms with Crippen molar-refractivity contribution < 1.29 is 18.3 Å². The van der Waals surface area contributed by atoms with Crippen molar-refractivity contribution in [1.82, 2.24) is 0 Å². The molecule has 3 rings (SSSR count). The van der Waals surface area contributed by atoms with Gasteiger partial charge in [0.15, 0.2) is 0 Å². The Hall–Kier alpha value is -3.02. The van der Waals surface area contributed by atoms with Gasteiger partial charge in [0.25, 0.3) is 5.91 Å². The lowest BCUT2D eigenvalue weighted by molar-refractivity contribution is -0.112. The number of nitriles is 1. The van der Waals surface area contributed by atoms with Crippen LogP contribution in [0.15, 0.2) is 75.2 Å². The summed E-state index contributed by atoms with van der Waals surface area (Å²) in [7, 11) is 0. The quantitative estimate of drug-likeness (QED) is 0.279. The van der Waals surface area contributed by atoms with Gasteiger partial charge in [0.1, 0.15) is 35.6 Å². The Morgan fingerprint density at radius 1 is 1.06 bits per heavy atom. The smallest absolute Gasteiger partial charge is 0.266 e. The summed E-state index contributed by atoms with van der Waals surface area (Å²) < 4.78 is 33.7. The van der Waals surface area contributed by atoms with Gasteiger partial charge in [-0.15, -0.1) is 0 Å². The maximum atomic E-state index is 13.7. The van der Waals surface area contributed by atoms with E-state index < -0.39 is 11.7 Å². The lowest BCUT2D eigenvalue weighted by Crippen LogP contribution is -2.14. The molecule has 0 heterocycles. The normalized spacial score (nSPS) is 11.0. The molecule has 3 aromatic carbocycles. The zero-order valence-corrected chi connectivity index (χ0v) is 19.0. The zero-order chi connectivity index (χ0) is 22.4. The third-order valence-corrected chi connectivity index (χ3v) is 5.29. The van der Waals surface area contributed by atoms with Crippen LogP contribution in [0.1, 0.15) is 11.1 Å². The van der Waals surface area contributed by atoms with E-state index in [2.05, 4.69) is 37.2 Å². The molecule has 1 N–H and O–H groups in total. The van der Waals surface area contributed by atoms with Crippen LogP contribution in [0.3, 0.4) is 0 Å². The number of halogens is 4. The first-order valence-corrected chi connectivity index (χ1v) is 10.5. The molecular weight excluding hydrogens is 534 g/mol. The Morgan fingerprint density at radius 2 is 1.71 bits per heavy atom. The minimum Gasteiger partial charge on any atom is -0.487 e. The lowest BCUT2D eigenvalue weighted by Gasteiger charge is -2.12. The van der Waals surface area contributed by atoms with Crippen molar-refractivity contribution in [2.45, 2.75) is 6.61 Å². The summed E-state index contributed by atoms with van der Waals surface area (Å²) in [5, 5.41) is 11.8. The van der Waals surface area contributed by atoms with E-state index in [9.17, 15) is 18.8 Å². The van der Waals surface area contributed by atoms with Crippen LogP contribution in [0.2, 0.25) is 0 Å². The molecule has 3 aromatic rings. The molecule has 0 aliphatic heterocycles. The molecule has 8 heteroatoms. The average Bonchev–Trinajstić information content (AvgIpc) is 2.74. The molecule has 0 radical (unpaired) electrons. The minimum absolute atomic E-state index is 0.0134. The number of anilines is 1. The number of carbonyl (C=O) groups is 1. The van der Waals surface area contributed by atoms with E-state index in [1.807, 2.05) is 6.07 Å². The fraction of sp³-hybridized carbons (Fsp3) is 0.0435. The molecule has 0 saturated heterocycles. The molecule has 0 unspecified atom stereocenters. The van der Waals surface area contributed by atoms with Gasteiger partial charge >= 0.3 is 0 Å². The van der Waals surface area contributed by atoms with Gasteiger partial charge < -0.3 is 10.1 Å². The van der Waals surface area contributed by atoms with Crippen molar-refractivity contribution in [2.24, 2.45) is 0 Å². The van der Waals surface area contributed by atoms with Gasteiger partial charge in [0, 0.05) is 0 Å². The Bertz CT molecular complexity index is 1170.